The molecule has 4 nitrogen and oxygen atoms in total. The quantitative estimate of drug-likeness (QED) is 0.548. The molecule has 0 spiro atoms. The highest BCUT2D eigenvalue weighted by Crippen LogP contribution is 2.18. The molecule has 1 aromatic carbocycles. The second-order valence-electron chi connectivity index (χ2n) is 3.45. The third kappa shape index (κ3) is 3.32. The highest BCUT2D eigenvalue weighted by molar-refractivity contribution is 7.98. The van der Waals surface area contributed by atoms with E-state index in [1.54, 1.807) is 18.5 Å². The van der Waals surface area contributed by atoms with Gasteiger partial charge in [0, 0.05) is 18.1 Å². The Morgan fingerprint density at radius 3 is 2.82 bits per heavy atom. The first-order chi connectivity index (χ1) is 8.15. The maximum atomic E-state index is 13.2. The van der Waals surface area contributed by atoms with Gasteiger partial charge in [0.2, 0.25) is 0 Å². The van der Waals surface area contributed by atoms with E-state index < -0.39 is 12.9 Å². The summed E-state index contributed by atoms with van der Waals surface area (Å²) in [6, 6.07) is 4.03. The molecule has 0 saturated heterocycles. The summed E-state index contributed by atoms with van der Waals surface area (Å²) in [5, 5.41) is 18.7. The molecule has 1 aromatic heterocycles. The number of rotatable bonds is 4. The lowest BCUT2D eigenvalue weighted by Crippen LogP contribution is -2.30. The minimum Gasteiger partial charge on any atom is -0.423 e. The summed E-state index contributed by atoms with van der Waals surface area (Å²) >= 11 is 1.41. The van der Waals surface area contributed by atoms with Crippen molar-refractivity contribution in [2.45, 2.75) is 10.9 Å². The smallest absolute Gasteiger partial charge is 0.423 e. The molecule has 0 atom stereocenters. The molecule has 2 rings (SSSR count). The number of hydrogen-bond donors (Lipinski definition) is 3. The van der Waals surface area contributed by atoms with Crippen molar-refractivity contribution in [2.75, 3.05) is 0 Å². The average Bonchev–Trinajstić information content (AvgIpc) is 2.78. The molecule has 7 heteroatoms. The number of thioether (sulfide) groups is 1. The van der Waals surface area contributed by atoms with Crippen LogP contribution in [0.25, 0.3) is 0 Å². The van der Waals surface area contributed by atoms with Gasteiger partial charge in [-0.15, -0.1) is 0 Å². The van der Waals surface area contributed by atoms with Gasteiger partial charge in [-0.2, -0.15) is 0 Å². The topological polar surface area (TPSA) is 69.1 Å². The van der Waals surface area contributed by atoms with Crippen LogP contribution in [0.3, 0.4) is 0 Å². The highest BCUT2D eigenvalue weighted by atomic mass is 32.2. The molecule has 17 heavy (non-hydrogen) atoms. The third-order valence-electron chi connectivity index (χ3n) is 2.13. The van der Waals surface area contributed by atoms with Crippen LogP contribution < -0.4 is 5.46 Å². The summed E-state index contributed by atoms with van der Waals surface area (Å²) in [6.45, 7) is 0. The van der Waals surface area contributed by atoms with E-state index in [9.17, 15) is 4.39 Å². The van der Waals surface area contributed by atoms with Gasteiger partial charge in [0.15, 0.2) is 5.16 Å². The summed E-state index contributed by atoms with van der Waals surface area (Å²) in [4.78, 5) is 6.94. The maximum Gasteiger partial charge on any atom is 0.488 e. The average molecular weight is 252 g/mol. The first-order valence-electron chi connectivity index (χ1n) is 4.93. The van der Waals surface area contributed by atoms with E-state index in [2.05, 4.69) is 9.97 Å². The van der Waals surface area contributed by atoms with E-state index in [1.807, 2.05) is 0 Å². The van der Waals surface area contributed by atoms with Crippen molar-refractivity contribution < 1.29 is 14.4 Å². The molecule has 0 aliphatic carbocycles. The molecule has 0 fully saturated rings. The van der Waals surface area contributed by atoms with Gasteiger partial charge < -0.3 is 15.0 Å². The lowest BCUT2D eigenvalue weighted by molar-refractivity contribution is 0.425. The normalized spacial score (nSPS) is 10.5. The number of aromatic nitrogens is 2. The molecule has 0 saturated carbocycles. The first-order valence-corrected chi connectivity index (χ1v) is 5.91. The Morgan fingerprint density at radius 1 is 1.35 bits per heavy atom. The van der Waals surface area contributed by atoms with Crippen molar-refractivity contribution in [3.8, 4) is 0 Å². The van der Waals surface area contributed by atoms with Crippen LogP contribution in [-0.4, -0.2) is 27.1 Å². The highest BCUT2D eigenvalue weighted by Gasteiger charge is 2.13. The van der Waals surface area contributed by atoms with Crippen molar-refractivity contribution in [2.24, 2.45) is 0 Å². The lowest BCUT2D eigenvalue weighted by atomic mass is 9.79. The van der Waals surface area contributed by atoms with Gasteiger partial charge in [-0.1, -0.05) is 17.8 Å². The van der Waals surface area contributed by atoms with E-state index in [0.717, 1.165) is 11.2 Å². The maximum absolute atomic E-state index is 13.2. The third-order valence-corrected chi connectivity index (χ3v) is 3.10. The minimum absolute atomic E-state index is 0.153. The van der Waals surface area contributed by atoms with Crippen molar-refractivity contribution in [3.63, 3.8) is 0 Å². The van der Waals surface area contributed by atoms with Gasteiger partial charge >= 0.3 is 7.12 Å². The molecule has 0 amide bonds. The van der Waals surface area contributed by atoms with Gasteiger partial charge in [-0.25, -0.2) is 9.37 Å². The number of nitrogens with one attached hydrogen (secondary N) is 1. The molecule has 0 bridgehead atoms. The van der Waals surface area contributed by atoms with Crippen LogP contribution in [0.2, 0.25) is 0 Å². The van der Waals surface area contributed by atoms with E-state index >= 15 is 0 Å². The Bertz CT molecular complexity index is 493. The Hall–Kier alpha value is -1.31. The summed E-state index contributed by atoms with van der Waals surface area (Å²) in [5.74, 6) is 0.0241. The Kier molecular flexibility index (Phi) is 3.83. The van der Waals surface area contributed by atoms with Gasteiger partial charge in [-0.3, -0.25) is 0 Å². The zero-order chi connectivity index (χ0) is 12.3. The van der Waals surface area contributed by atoms with Crippen LogP contribution in [-0.2, 0) is 5.75 Å². The summed E-state index contributed by atoms with van der Waals surface area (Å²) in [5.41, 5.74) is 0.828. The fourth-order valence-corrected chi connectivity index (χ4v) is 2.15. The fourth-order valence-electron chi connectivity index (χ4n) is 1.39. The summed E-state index contributed by atoms with van der Waals surface area (Å²) in [7, 11) is -1.65. The van der Waals surface area contributed by atoms with Crippen LogP contribution in [0.4, 0.5) is 4.39 Å². The van der Waals surface area contributed by atoms with Crippen molar-refractivity contribution in [1.82, 2.24) is 9.97 Å². The number of H-pyrrole nitrogens is 1. The van der Waals surface area contributed by atoms with Crippen molar-refractivity contribution in [3.05, 3.63) is 42.0 Å². The fraction of sp³-hybridized carbons (Fsp3) is 0.100. The number of benzene rings is 1. The van der Waals surface area contributed by atoms with Crippen LogP contribution >= 0.6 is 11.8 Å². The van der Waals surface area contributed by atoms with Crippen LogP contribution in [0.15, 0.2) is 35.7 Å². The predicted octanol–water partition coefficient (Wildman–Crippen LogP) is 0.521. The molecule has 3 N–H and O–H groups in total. The van der Waals surface area contributed by atoms with Gasteiger partial charge in [-0.05, 0) is 23.2 Å². The van der Waals surface area contributed by atoms with Gasteiger partial charge in [0.25, 0.3) is 0 Å². The minimum atomic E-state index is -1.65. The zero-order valence-corrected chi connectivity index (χ0v) is 9.62. The van der Waals surface area contributed by atoms with E-state index in [4.69, 9.17) is 10.0 Å². The molecule has 2 aromatic rings. The van der Waals surface area contributed by atoms with Gasteiger partial charge in [0.05, 0.1) is 0 Å². The lowest BCUT2D eigenvalue weighted by Gasteiger charge is -2.04. The van der Waals surface area contributed by atoms with Crippen LogP contribution in [0, 0.1) is 5.82 Å². The Labute approximate surface area is 102 Å². The number of hydrogen-bond acceptors (Lipinski definition) is 4. The monoisotopic (exact) mass is 252 g/mol. The number of nitrogens with zero attached hydrogens (tertiary/aromatic N) is 1. The summed E-state index contributed by atoms with van der Waals surface area (Å²) < 4.78 is 13.2. The zero-order valence-electron chi connectivity index (χ0n) is 8.80. The standard InChI is InChI=1S/C10H10BFN2O2S/c12-9-4-7(3-8(5-9)11(15)16)6-17-10-13-1-2-14-10/h1-5,15-16H,6H2,(H,13,14). The number of imidazole rings is 1. The number of aromatic amines is 1. The second-order valence-corrected chi connectivity index (χ2v) is 4.41. The molecule has 0 radical (unpaired) electrons. The predicted molar refractivity (Wildman–Crippen MR) is 64.4 cm³/mol. The first kappa shape index (κ1) is 12.2. The van der Waals surface area contributed by atoms with Crippen LogP contribution in [0.1, 0.15) is 5.56 Å². The number of halogens is 1. The summed E-state index contributed by atoms with van der Waals surface area (Å²) in [6.07, 6.45) is 3.34. The Morgan fingerprint density at radius 2 is 2.18 bits per heavy atom. The van der Waals surface area contributed by atoms with Gasteiger partial charge in [0.1, 0.15) is 5.82 Å². The van der Waals surface area contributed by atoms with Crippen LogP contribution in [0.5, 0.6) is 0 Å². The second kappa shape index (κ2) is 5.35. The van der Waals surface area contributed by atoms with E-state index in [1.165, 1.54) is 17.8 Å². The molecule has 0 unspecified atom stereocenters. The van der Waals surface area contributed by atoms with Crippen molar-refractivity contribution in [1.29, 1.82) is 0 Å². The molecule has 0 aliphatic heterocycles. The molecule has 0 aliphatic rings. The van der Waals surface area contributed by atoms with E-state index in [0.29, 0.717) is 11.3 Å². The SMILES string of the molecule is OB(O)c1cc(F)cc(CSc2ncc[nH]2)c1. The Balaban J connectivity index is 2.10. The van der Waals surface area contributed by atoms with Crippen molar-refractivity contribution >= 4 is 24.3 Å². The molecular formula is C10H10BFN2O2S. The largest absolute Gasteiger partial charge is 0.488 e. The molecule has 1 heterocycles. The molecular weight excluding hydrogens is 242 g/mol. The van der Waals surface area contributed by atoms with E-state index in [-0.39, 0.29) is 5.46 Å². The molecule has 88 valence electrons.